The van der Waals surface area contributed by atoms with Crippen LogP contribution in [0.5, 0.6) is 0 Å². The molecule has 0 fully saturated rings. The van der Waals surface area contributed by atoms with Crippen molar-refractivity contribution in [1.29, 1.82) is 0 Å². The first-order chi connectivity index (χ1) is 6.47. The van der Waals surface area contributed by atoms with Crippen LogP contribution in [0.3, 0.4) is 0 Å². The van der Waals surface area contributed by atoms with Crippen LogP contribution >= 0.6 is 0 Å². The maximum atomic E-state index is 2.27. The molecule has 14 heavy (non-hydrogen) atoms. The number of hydrogen-bond acceptors (Lipinski definition) is 0. The van der Waals surface area contributed by atoms with Gasteiger partial charge in [-0.2, -0.15) is 0 Å². The van der Waals surface area contributed by atoms with E-state index in [1.807, 2.05) is 13.8 Å². The van der Waals surface area contributed by atoms with Gasteiger partial charge in [0.15, 0.2) is 0 Å². The molecule has 1 rings (SSSR count). The summed E-state index contributed by atoms with van der Waals surface area (Å²) in [5, 5.41) is 0. The molecule has 0 amide bonds. The van der Waals surface area contributed by atoms with Crippen LogP contribution in [0, 0.1) is 12.3 Å². The minimum atomic E-state index is 0.397. The Bertz CT molecular complexity index is 253. The first-order valence-electron chi connectivity index (χ1n) is 5.53. The molecule has 0 aliphatic carbocycles. The van der Waals surface area contributed by atoms with Gasteiger partial charge in [-0.1, -0.05) is 64.4 Å². The summed E-state index contributed by atoms with van der Waals surface area (Å²) < 4.78 is 0. The van der Waals surface area contributed by atoms with E-state index < -0.39 is 0 Å². The molecule has 0 bridgehead atoms. The van der Waals surface area contributed by atoms with Crippen molar-refractivity contribution in [2.75, 3.05) is 0 Å². The van der Waals surface area contributed by atoms with Crippen LogP contribution in [-0.2, 0) is 6.42 Å². The van der Waals surface area contributed by atoms with Crippen molar-refractivity contribution in [3.05, 3.63) is 35.4 Å². The van der Waals surface area contributed by atoms with Crippen LogP contribution in [0.25, 0.3) is 0 Å². The van der Waals surface area contributed by atoms with Crippen molar-refractivity contribution in [2.45, 2.75) is 48.0 Å². The second-order valence-corrected chi connectivity index (χ2v) is 4.73. The number of rotatable bonds is 1. The average Bonchev–Trinajstić information content (AvgIpc) is 2.04. The van der Waals surface area contributed by atoms with Gasteiger partial charge >= 0.3 is 0 Å². The smallest absolute Gasteiger partial charge is 0.0230 e. The lowest BCUT2D eigenvalue weighted by Crippen LogP contribution is -2.08. The van der Waals surface area contributed by atoms with Gasteiger partial charge in [-0.3, -0.25) is 0 Å². The summed E-state index contributed by atoms with van der Waals surface area (Å²) in [5.41, 5.74) is 3.20. The van der Waals surface area contributed by atoms with Crippen molar-refractivity contribution >= 4 is 0 Å². The molecule has 0 saturated carbocycles. The topological polar surface area (TPSA) is 0 Å². The van der Waals surface area contributed by atoms with Crippen LogP contribution in [0.4, 0.5) is 0 Å². The largest absolute Gasteiger partial charge is 0.0683 e. The molecular weight excluding hydrogens is 168 g/mol. The molecule has 0 atom stereocenters. The Morgan fingerprint density at radius 1 is 1.07 bits per heavy atom. The molecule has 0 unspecified atom stereocenters. The fraction of sp³-hybridized carbons (Fsp3) is 0.571. The maximum Gasteiger partial charge on any atom is -0.0230 e. The summed E-state index contributed by atoms with van der Waals surface area (Å²) in [6.45, 7) is 13.0. The van der Waals surface area contributed by atoms with E-state index >= 15 is 0 Å². The summed E-state index contributed by atoms with van der Waals surface area (Å²) in [4.78, 5) is 0. The van der Waals surface area contributed by atoms with E-state index in [2.05, 4.69) is 52.0 Å². The third-order valence-corrected chi connectivity index (χ3v) is 1.82. The zero-order valence-electron chi connectivity index (χ0n) is 10.5. The highest BCUT2D eigenvalue weighted by molar-refractivity contribution is 5.22. The Labute approximate surface area is 89.4 Å². The van der Waals surface area contributed by atoms with E-state index in [1.165, 1.54) is 11.1 Å². The average molecular weight is 192 g/mol. The molecule has 0 N–H and O–H groups in total. The third-order valence-electron chi connectivity index (χ3n) is 1.82. The van der Waals surface area contributed by atoms with E-state index in [-0.39, 0.29) is 0 Å². The van der Waals surface area contributed by atoms with Gasteiger partial charge < -0.3 is 0 Å². The number of benzene rings is 1. The number of aryl methyl sites for hydroxylation is 1. The van der Waals surface area contributed by atoms with E-state index in [9.17, 15) is 0 Å². The molecule has 0 aliphatic rings. The Hall–Kier alpha value is -0.780. The van der Waals surface area contributed by atoms with Crippen LogP contribution in [-0.4, -0.2) is 0 Å². The molecule has 1 aromatic carbocycles. The molecule has 0 heterocycles. The Morgan fingerprint density at radius 3 is 2.07 bits per heavy atom. The molecule has 0 radical (unpaired) electrons. The molecule has 0 saturated heterocycles. The Morgan fingerprint density at radius 2 is 1.64 bits per heavy atom. The molecule has 80 valence electrons. The standard InChI is InChI=1S/C12H18.C2H6/c1-10-6-5-7-11(8-10)9-12(2,3)4;1-2/h5-8H,9H2,1-4H3;1-2H3. The van der Waals surface area contributed by atoms with Crippen LogP contribution in [0.15, 0.2) is 24.3 Å². The van der Waals surface area contributed by atoms with E-state index in [0.717, 1.165) is 6.42 Å². The lowest BCUT2D eigenvalue weighted by atomic mass is 9.88. The van der Waals surface area contributed by atoms with E-state index in [4.69, 9.17) is 0 Å². The molecule has 0 spiro atoms. The molecular formula is C14H24. The lowest BCUT2D eigenvalue weighted by Gasteiger charge is -2.18. The molecule has 0 aliphatic heterocycles. The van der Waals surface area contributed by atoms with Crippen molar-refractivity contribution < 1.29 is 0 Å². The normalized spacial score (nSPS) is 10.4. The highest BCUT2D eigenvalue weighted by atomic mass is 14.2. The van der Waals surface area contributed by atoms with E-state index in [1.54, 1.807) is 0 Å². The highest BCUT2D eigenvalue weighted by Crippen LogP contribution is 2.20. The van der Waals surface area contributed by atoms with Crippen molar-refractivity contribution in [3.8, 4) is 0 Å². The van der Waals surface area contributed by atoms with Gasteiger partial charge in [0.05, 0.1) is 0 Å². The van der Waals surface area contributed by atoms with Crippen molar-refractivity contribution in [3.63, 3.8) is 0 Å². The van der Waals surface area contributed by atoms with Crippen LogP contribution in [0.2, 0.25) is 0 Å². The van der Waals surface area contributed by atoms with Gasteiger partial charge in [0, 0.05) is 0 Å². The molecule has 0 heteroatoms. The monoisotopic (exact) mass is 192 g/mol. The summed E-state index contributed by atoms with van der Waals surface area (Å²) in [7, 11) is 0. The zero-order valence-corrected chi connectivity index (χ0v) is 10.5. The van der Waals surface area contributed by atoms with E-state index in [0.29, 0.717) is 5.41 Å². The SMILES string of the molecule is CC.Cc1cccc(CC(C)(C)C)c1. The van der Waals surface area contributed by atoms with Gasteiger partial charge in [-0.05, 0) is 24.3 Å². The fourth-order valence-electron chi connectivity index (χ4n) is 1.43. The van der Waals surface area contributed by atoms with Gasteiger partial charge in [-0.15, -0.1) is 0 Å². The molecule has 0 aromatic heterocycles. The predicted molar refractivity (Wildman–Crippen MR) is 65.7 cm³/mol. The minimum absolute atomic E-state index is 0.397. The van der Waals surface area contributed by atoms with Gasteiger partial charge in [-0.25, -0.2) is 0 Å². The van der Waals surface area contributed by atoms with Gasteiger partial charge in [0.25, 0.3) is 0 Å². The van der Waals surface area contributed by atoms with Crippen molar-refractivity contribution in [1.82, 2.24) is 0 Å². The first-order valence-corrected chi connectivity index (χ1v) is 5.53. The summed E-state index contributed by atoms with van der Waals surface area (Å²) in [6, 6.07) is 8.76. The molecule has 0 nitrogen and oxygen atoms in total. The Balaban J connectivity index is 0.000000791. The third kappa shape index (κ3) is 5.80. The second kappa shape index (κ2) is 5.85. The first kappa shape index (κ1) is 13.2. The van der Waals surface area contributed by atoms with Gasteiger partial charge in [0.1, 0.15) is 0 Å². The Kier molecular flexibility index (Phi) is 5.52. The van der Waals surface area contributed by atoms with Crippen LogP contribution < -0.4 is 0 Å². The zero-order chi connectivity index (χ0) is 11.2. The summed E-state index contributed by atoms with van der Waals surface area (Å²) >= 11 is 0. The quantitative estimate of drug-likeness (QED) is 0.609. The fourth-order valence-corrected chi connectivity index (χ4v) is 1.43. The highest BCUT2D eigenvalue weighted by Gasteiger charge is 2.10. The lowest BCUT2D eigenvalue weighted by molar-refractivity contribution is 0.411. The number of hydrogen-bond donors (Lipinski definition) is 0. The molecule has 1 aromatic rings. The minimum Gasteiger partial charge on any atom is -0.0683 e. The van der Waals surface area contributed by atoms with Gasteiger partial charge in [0.2, 0.25) is 0 Å². The van der Waals surface area contributed by atoms with Crippen LogP contribution in [0.1, 0.15) is 45.7 Å². The maximum absolute atomic E-state index is 2.27. The second-order valence-electron chi connectivity index (χ2n) is 4.73. The summed E-state index contributed by atoms with van der Waals surface area (Å²) in [6.07, 6.45) is 1.16. The summed E-state index contributed by atoms with van der Waals surface area (Å²) in [5.74, 6) is 0. The van der Waals surface area contributed by atoms with Crippen molar-refractivity contribution in [2.24, 2.45) is 5.41 Å². The predicted octanol–water partition coefficient (Wildman–Crippen LogP) is 4.61.